The van der Waals surface area contributed by atoms with Gasteiger partial charge in [-0.3, -0.25) is 4.79 Å². The number of Topliss-reactive ketones (excluding diaryl/α,β-unsaturated/α-hetero) is 1. The van der Waals surface area contributed by atoms with Crippen molar-refractivity contribution in [3.63, 3.8) is 0 Å². The van der Waals surface area contributed by atoms with Crippen molar-refractivity contribution in [3.8, 4) is 0 Å². The molecule has 2 rings (SSSR count). The molecular weight excluding hydrogens is 304 g/mol. The van der Waals surface area contributed by atoms with Crippen LogP contribution < -0.4 is 0 Å². The van der Waals surface area contributed by atoms with Gasteiger partial charge in [0.1, 0.15) is 0 Å². The summed E-state index contributed by atoms with van der Waals surface area (Å²) >= 11 is 7.22. The summed E-state index contributed by atoms with van der Waals surface area (Å²) in [6, 6.07) is 6.94. The number of carbonyl (C=O) groups excluding carboxylic acids is 1. The van der Waals surface area contributed by atoms with Crippen LogP contribution in [0.2, 0.25) is 5.02 Å². The summed E-state index contributed by atoms with van der Waals surface area (Å²) in [6.45, 7) is 7.79. The summed E-state index contributed by atoms with van der Waals surface area (Å²) in [4.78, 5) is 21.3. The van der Waals surface area contributed by atoms with Gasteiger partial charge in [-0.25, -0.2) is 9.97 Å². The van der Waals surface area contributed by atoms with Crippen LogP contribution in [-0.2, 0) is 0 Å². The van der Waals surface area contributed by atoms with Crippen LogP contribution in [0, 0.1) is 20.8 Å². The van der Waals surface area contributed by atoms with Gasteiger partial charge in [-0.15, -0.1) is 0 Å². The summed E-state index contributed by atoms with van der Waals surface area (Å²) in [5.41, 5.74) is 3.66. The normalized spacial score (nSPS) is 12.2. The maximum absolute atomic E-state index is 12.4. The lowest BCUT2D eigenvalue weighted by atomic mass is 10.1. The number of aryl methyl sites for hydroxylation is 2. The molecule has 1 heterocycles. The van der Waals surface area contributed by atoms with Gasteiger partial charge in [0.2, 0.25) is 0 Å². The van der Waals surface area contributed by atoms with Gasteiger partial charge in [-0.1, -0.05) is 23.4 Å². The Labute approximate surface area is 134 Å². The lowest BCUT2D eigenvalue weighted by Crippen LogP contribution is -2.14. The second-order valence-corrected chi connectivity index (χ2v) is 6.68. The van der Waals surface area contributed by atoms with Gasteiger partial charge in [-0.05, 0) is 57.5 Å². The van der Waals surface area contributed by atoms with E-state index >= 15 is 0 Å². The average molecular weight is 321 g/mol. The maximum atomic E-state index is 12.4. The van der Waals surface area contributed by atoms with Gasteiger partial charge in [0.25, 0.3) is 0 Å². The van der Waals surface area contributed by atoms with Gasteiger partial charge in [0.05, 0.1) is 5.25 Å². The molecular formula is C16H17ClN2OS. The monoisotopic (exact) mass is 320 g/mol. The van der Waals surface area contributed by atoms with Crippen molar-refractivity contribution in [2.75, 3.05) is 0 Å². The Balaban J connectivity index is 2.16. The largest absolute Gasteiger partial charge is 0.293 e. The van der Waals surface area contributed by atoms with Crippen LogP contribution in [-0.4, -0.2) is 21.0 Å². The highest BCUT2D eigenvalue weighted by atomic mass is 35.5. The number of benzene rings is 1. The molecule has 0 amide bonds. The number of ketones is 1. The summed E-state index contributed by atoms with van der Waals surface area (Å²) < 4.78 is 0. The van der Waals surface area contributed by atoms with Crippen molar-refractivity contribution in [1.29, 1.82) is 0 Å². The van der Waals surface area contributed by atoms with E-state index in [0.29, 0.717) is 15.7 Å². The maximum Gasteiger partial charge on any atom is 0.188 e. The number of halogens is 1. The first-order chi connectivity index (χ1) is 9.88. The molecule has 0 saturated heterocycles. The van der Waals surface area contributed by atoms with E-state index in [9.17, 15) is 4.79 Å². The zero-order valence-corrected chi connectivity index (χ0v) is 14.0. The van der Waals surface area contributed by atoms with Crippen LogP contribution in [0.4, 0.5) is 0 Å². The molecule has 0 radical (unpaired) electrons. The Hall–Kier alpha value is -1.39. The number of hydrogen-bond donors (Lipinski definition) is 0. The van der Waals surface area contributed by atoms with Gasteiger partial charge < -0.3 is 0 Å². The molecule has 0 N–H and O–H groups in total. The van der Waals surface area contributed by atoms with Crippen molar-refractivity contribution >= 4 is 29.1 Å². The van der Waals surface area contributed by atoms with E-state index in [1.807, 2.05) is 27.7 Å². The molecule has 0 aliphatic heterocycles. The third-order valence-corrected chi connectivity index (χ3v) is 4.61. The number of rotatable bonds is 4. The van der Waals surface area contributed by atoms with Crippen LogP contribution in [0.25, 0.3) is 0 Å². The molecule has 0 unspecified atom stereocenters. The van der Waals surface area contributed by atoms with Crippen molar-refractivity contribution in [2.45, 2.75) is 38.1 Å². The predicted octanol–water partition coefficient (Wildman–Crippen LogP) is 4.42. The fourth-order valence-corrected chi connectivity index (χ4v) is 2.92. The van der Waals surface area contributed by atoms with Gasteiger partial charge in [-0.2, -0.15) is 0 Å². The van der Waals surface area contributed by atoms with E-state index in [2.05, 4.69) is 9.97 Å². The van der Waals surface area contributed by atoms with Crippen molar-refractivity contribution in [2.24, 2.45) is 0 Å². The minimum atomic E-state index is -0.243. The number of nitrogens with zero attached hydrogens (tertiary/aromatic N) is 2. The van der Waals surface area contributed by atoms with Crippen molar-refractivity contribution in [3.05, 3.63) is 51.8 Å². The smallest absolute Gasteiger partial charge is 0.188 e. The molecule has 5 heteroatoms. The highest BCUT2D eigenvalue weighted by Crippen LogP contribution is 2.24. The Morgan fingerprint density at radius 2 is 1.62 bits per heavy atom. The lowest BCUT2D eigenvalue weighted by molar-refractivity contribution is 0.0994. The molecule has 21 heavy (non-hydrogen) atoms. The number of carbonyl (C=O) groups is 1. The van der Waals surface area contributed by atoms with E-state index in [1.165, 1.54) is 11.8 Å². The minimum absolute atomic E-state index is 0.0520. The third-order valence-electron chi connectivity index (χ3n) is 3.39. The minimum Gasteiger partial charge on any atom is -0.293 e. The first kappa shape index (κ1) is 16.0. The molecule has 0 spiro atoms. The summed E-state index contributed by atoms with van der Waals surface area (Å²) in [6.07, 6.45) is 0. The molecule has 3 nitrogen and oxygen atoms in total. The van der Waals surface area contributed by atoms with E-state index in [-0.39, 0.29) is 11.0 Å². The standard InChI is InChI=1S/C16H17ClN2OS/c1-9-10(2)18-16(19-11(9)3)21-12(4)15(20)13-5-7-14(17)8-6-13/h5-8,12H,1-4H3/t12-/m1/s1. The van der Waals surface area contributed by atoms with Gasteiger partial charge in [0, 0.05) is 22.0 Å². The Bertz CT molecular complexity index is 647. The summed E-state index contributed by atoms with van der Waals surface area (Å²) in [5.74, 6) is 0.0520. The van der Waals surface area contributed by atoms with E-state index in [0.717, 1.165) is 17.0 Å². The topological polar surface area (TPSA) is 42.9 Å². The highest BCUT2D eigenvalue weighted by Gasteiger charge is 2.18. The van der Waals surface area contributed by atoms with E-state index in [4.69, 9.17) is 11.6 Å². The molecule has 1 atom stereocenters. The van der Waals surface area contributed by atoms with E-state index in [1.54, 1.807) is 24.3 Å². The Kier molecular flexibility index (Phi) is 5.01. The number of thioether (sulfide) groups is 1. The van der Waals surface area contributed by atoms with Gasteiger partial charge in [0.15, 0.2) is 10.9 Å². The van der Waals surface area contributed by atoms with Gasteiger partial charge >= 0.3 is 0 Å². The van der Waals surface area contributed by atoms with Crippen LogP contribution in [0.15, 0.2) is 29.4 Å². The SMILES string of the molecule is Cc1nc(S[C@H](C)C(=O)c2ccc(Cl)cc2)nc(C)c1C. The van der Waals surface area contributed by atoms with E-state index < -0.39 is 0 Å². The average Bonchev–Trinajstić information content (AvgIpc) is 2.44. The zero-order chi connectivity index (χ0) is 15.6. The molecule has 1 aromatic heterocycles. The predicted molar refractivity (Wildman–Crippen MR) is 87.3 cm³/mol. The molecule has 1 aromatic carbocycles. The lowest BCUT2D eigenvalue weighted by Gasteiger charge is -2.11. The molecule has 0 fully saturated rings. The van der Waals surface area contributed by atoms with Crippen molar-refractivity contribution < 1.29 is 4.79 Å². The van der Waals surface area contributed by atoms with Crippen LogP contribution in [0.5, 0.6) is 0 Å². The van der Waals surface area contributed by atoms with Crippen molar-refractivity contribution in [1.82, 2.24) is 9.97 Å². The fourth-order valence-electron chi connectivity index (χ4n) is 1.85. The molecule has 0 aliphatic carbocycles. The summed E-state index contributed by atoms with van der Waals surface area (Å²) in [7, 11) is 0. The highest BCUT2D eigenvalue weighted by molar-refractivity contribution is 8.00. The third kappa shape index (κ3) is 3.83. The second kappa shape index (κ2) is 6.58. The first-order valence-electron chi connectivity index (χ1n) is 6.66. The first-order valence-corrected chi connectivity index (χ1v) is 7.92. The number of hydrogen-bond acceptors (Lipinski definition) is 4. The second-order valence-electron chi connectivity index (χ2n) is 4.93. The van der Waals surface area contributed by atoms with Crippen LogP contribution in [0.1, 0.15) is 34.2 Å². The quantitative estimate of drug-likeness (QED) is 0.475. The summed E-state index contributed by atoms with van der Waals surface area (Å²) in [5, 5.41) is 1.03. The molecule has 0 bridgehead atoms. The van der Waals surface area contributed by atoms with Crippen LogP contribution in [0.3, 0.4) is 0 Å². The van der Waals surface area contributed by atoms with Crippen LogP contribution >= 0.6 is 23.4 Å². The number of aromatic nitrogens is 2. The molecule has 2 aromatic rings. The Morgan fingerprint density at radius 3 is 2.14 bits per heavy atom. The molecule has 0 saturated carbocycles. The molecule has 110 valence electrons. The zero-order valence-electron chi connectivity index (χ0n) is 12.5. The molecule has 0 aliphatic rings. The fraction of sp³-hybridized carbons (Fsp3) is 0.312. The Morgan fingerprint density at radius 1 is 1.10 bits per heavy atom.